The van der Waals surface area contributed by atoms with E-state index in [1.54, 1.807) is 11.3 Å². The number of benzene rings is 1. The molecule has 2 heterocycles. The van der Waals surface area contributed by atoms with E-state index in [4.69, 9.17) is 17.2 Å². The Morgan fingerprint density at radius 2 is 2.00 bits per heavy atom. The van der Waals surface area contributed by atoms with Crippen LogP contribution < -0.4 is 5.32 Å². The molecule has 136 valence electrons. The molecular formula is C18H27N5S2. The van der Waals surface area contributed by atoms with Crippen molar-refractivity contribution >= 4 is 38.9 Å². The zero-order chi connectivity index (χ0) is 17.6. The van der Waals surface area contributed by atoms with Gasteiger partial charge >= 0.3 is 0 Å². The zero-order valence-electron chi connectivity index (χ0n) is 15.1. The molecule has 3 rings (SSSR count). The fourth-order valence-corrected chi connectivity index (χ4v) is 4.28. The third-order valence-corrected chi connectivity index (χ3v) is 5.84. The van der Waals surface area contributed by atoms with Crippen molar-refractivity contribution in [3.63, 3.8) is 0 Å². The third kappa shape index (κ3) is 5.34. The van der Waals surface area contributed by atoms with Crippen molar-refractivity contribution in [3.05, 3.63) is 29.3 Å². The van der Waals surface area contributed by atoms with E-state index in [2.05, 4.69) is 58.4 Å². The van der Waals surface area contributed by atoms with Crippen molar-refractivity contribution in [1.29, 1.82) is 0 Å². The lowest BCUT2D eigenvalue weighted by atomic mass is 10.3. The van der Waals surface area contributed by atoms with Crippen molar-refractivity contribution in [2.45, 2.75) is 13.0 Å². The molecule has 2 aromatic rings. The van der Waals surface area contributed by atoms with Gasteiger partial charge in [-0.1, -0.05) is 12.1 Å². The molecule has 0 saturated carbocycles. The van der Waals surface area contributed by atoms with Gasteiger partial charge in [0.2, 0.25) is 0 Å². The summed E-state index contributed by atoms with van der Waals surface area (Å²) < 4.78 is 1.28. The minimum absolute atomic E-state index is 0.901. The maximum atomic E-state index is 5.54. The Kier molecular flexibility index (Phi) is 6.58. The van der Waals surface area contributed by atoms with Gasteiger partial charge in [0.15, 0.2) is 5.11 Å². The Morgan fingerprint density at radius 1 is 1.24 bits per heavy atom. The Morgan fingerprint density at radius 3 is 2.72 bits per heavy atom. The standard InChI is InChI=1S/C18H27N5S2/c1-21(2)9-5-8-19-18(24)23-12-10-22(11-13-23)14-17-20-15-6-3-4-7-16(15)25-17/h3-4,6-7H,5,8-14H2,1-2H3,(H,19,24). The van der Waals surface area contributed by atoms with E-state index >= 15 is 0 Å². The molecule has 0 atom stereocenters. The highest BCUT2D eigenvalue weighted by Gasteiger charge is 2.19. The quantitative estimate of drug-likeness (QED) is 0.614. The predicted octanol–water partition coefficient (Wildman–Crippen LogP) is 2.24. The van der Waals surface area contributed by atoms with Gasteiger partial charge in [0, 0.05) is 32.7 Å². The highest BCUT2D eigenvalue weighted by atomic mass is 32.1. The summed E-state index contributed by atoms with van der Waals surface area (Å²) in [6, 6.07) is 8.37. The molecule has 1 aliphatic heterocycles. The van der Waals surface area contributed by atoms with Crippen LogP contribution in [0.3, 0.4) is 0 Å². The second-order valence-electron chi connectivity index (χ2n) is 6.73. The lowest BCUT2D eigenvalue weighted by Crippen LogP contribution is -2.51. The number of fused-ring (bicyclic) bond motifs is 1. The van der Waals surface area contributed by atoms with Gasteiger partial charge in [-0.05, 0) is 51.4 Å². The molecule has 0 unspecified atom stereocenters. The highest BCUT2D eigenvalue weighted by Crippen LogP contribution is 2.22. The Bertz CT molecular complexity index is 659. The maximum Gasteiger partial charge on any atom is 0.169 e. The second-order valence-corrected chi connectivity index (χ2v) is 8.23. The summed E-state index contributed by atoms with van der Waals surface area (Å²) >= 11 is 7.34. The van der Waals surface area contributed by atoms with Crippen LogP contribution in [-0.4, -0.2) is 78.2 Å². The van der Waals surface area contributed by atoms with Gasteiger partial charge < -0.3 is 15.1 Å². The largest absolute Gasteiger partial charge is 0.363 e. The van der Waals surface area contributed by atoms with Crippen LogP contribution in [0.1, 0.15) is 11.4 Å². The normalized spacial score (nSPS) is 15.9. The van der Waals surface area contributed by atoms with E-state index < -0.39 is 0 Å². The number of nitrogens with zero attached hydrogens (tertiary/aromatic N) is 4. The van der Waals surface area contributed by atoms with Gasteiger partial charge in [-0.15, -0.1) is 11.3 Å². The van der Waals surface area contributed by atoms with Gasteiger partial charge in [-0.3, -0.25) is 4.90 Å². The van der Waals surface area contributed by atoms with Gasteiger partial charge in [0.25, 0.3) is 0 Å². The molecule has 0 spiro atoms. The van der Waals surface area contributed by atoms with Crippen LogP contribution in [0.25, 0.3) is 10.2 Å². The number of aromatic nitrogens is 1. The SMILES string of the molecule is CN(C)CCCNC(=S)N1CCN(Cc2nc3ccccc3s2)CC1. The summed E-state index contributed by atoms with van der Waals surface area (Å²) in [5, 5.41) is 5.50. The van der Waals surface area contributed by atoms with Crippen molar-refractivity contribution < 1.29 is 0 Å². The minimum atomic E-state index is 0.901. The number of thiazole rings is 1. The number of hydrogen-bond acceptors (Lipinski definition) is 5. The molecule has 0 aliphatic carbocycles. The van der Waals surface area contributed by atoms with Crippen molar-refractivity contribution in [3.8, 4) is 0 Å². The molecule has 0 radical (unpaired) electrons. The molecule has 1 N–H and O–H groups in total. The van der Waals surface area contributed by atoms with E-state index in [1.807, 2.05) is 0 Å². The molecule has 1 fully saturated rings. The zero-order valence-corrected chi connectivity index (χ0v) is 16.7. The van der Waals surface area contributed by atoms with Crippen LogP contribution in [0.2, 0.25) is 0 Å². The lowest BCUT2D eigenvalue weighted by Gasteiger charge is -2.35. The molecule has 1 aliphatic rings. The number of para-hydroxylation sites is 1. The average Bonchev–Trinajstić information content (AvgIpc) is 3.01. The lowest BCUT2D eigenvalue weighted by molar-refractivity contribution is 0.174. The topological polar surface area (TPSA) is 34.6 Å². The molecule has 25 heavy (non-hydrogen) atoms. The van der Waals surface area contributed by atoms with Gasteiger partial charge in [0.1, 0.15) is 5.01 Å². The van der Waals surface area contributed by atoms with E-state index in [9.17, 15) is 0 Å². The molecule has 7 heteroatoms. The van der Waals surface area contributed by atoms with Gasteiger partial charge in [0.05, 0.1) is 16.8 Å². The average molecular weight is 378 g/mol. The summed E-state index contributed by atoms with van der Waals surface area (Å²) in [6.45, 7) is 7.03. The first-order chi connectivity index (χ1) is 12.1. The smallest absolute Gasteiger partial charge is 0.169 e. The molecule has 1 aromatic heterocycles. The Hall–Kier alpha value is -1.28. The fourth-order valence-electron chi connectivity index (χ4n) is 2.99. The number of thiocarbonyl (C=S) groups is 1. The molecule has 5 nitrogen and oxygen atoms in total. The number of piperazine rings is 1. The van der Waals surface area contributed by atoms with Crippen LogP contribution in [0.15, 0.2) is 24.3 Å². The van der Waals surface area contributed by atoms with Crippen molar-refractivity contribution in [2.75, 3.05) is 53.4 Å². The summed E-state index contributed by atoms with van der Waals surface area (Å²) in [6.07, 6.45) is 1.12. The first-order valence-electron chi connectivity index (χ1n) is 8.86. The van der Waals surface area contributed by atoms with Crippen LogP contribution >= 0.6 is 23.6 Å². The molecule has 0 amide bonds. The fraction of sp³-hybridized carbons (Fsp3) is 0.556. The molecule has 1 aromatic carbocycles. The maximum absolute atomic E-state index is 5.54. The van der Waals surface area contributed by atoms with Crippen LogP contribution in [0.5, 0.6) is 0 Å². The second kappa shape index (κ2) is 8.89. The van der Waals surface area contributed by atoms with E-state index in [1.165, 1.54) is 9.71 Å². The summed E-state index contributed by atoms with van der Waals surface area (Å²) in [7, 11) is 4.20. The minimum Gasteiger partial charge on any atom is -0.363 e. The van der Waals surface area contributed by atoms with Crippen molar-refractivity contribution in [2.24, 2.45) is 0 Å². The Balaban J connectivity index is 1.41. The molecule has 1 saturated heterocycles. The molecule has 0 bridgehead atoms. The summed E-state index contributed by atoms with van der Waals surface area (Å²) in [5.74, 6) is 0. The van der Waals surface area contributed by atoms with Crippen LogP contribution in [0.4, 0.5) is 0 Å². The highest BCUT2D eigenvalue weighted by molar-refractivity contribution is 7.80. The Labute approximate surface area is 159 Å². The summed E-state index contributed by atoms with van der Waals surface area (Å²) in [5.41, 5.74) is 1.12. The monoisotopic (exact) mass is 377 g/mol. The first kappa shape index (κ1) is 18.5. The first-order valence-corrected chi connectivity index (χ1v) is 10.1. The van der Waals surface area contributed by atoms with Crippen molar-refractivity contribution in [1.82, 2.24) is 25.0 Å². The summed E-state index contributed by atoms with van der Waals surface area (Å²) in [4.78, 5) is 11.7. The number of nitrogens with one attached hydrogen (secondary N) is 1. The van der Waals surface area contributed by atoms with Gasteiger partial charge in [-0.25, -0.2) is 4.98 Å². The van der Waals surface area contributed by atoms with Crippen LogP contribution in [-0.2, 0) is 6.54 Å². The van der Waals surface area contributed by atoms with E-state index in [-0.39, 0.29) is 0 Å². The van der Waals surface area contributed by atoms with Gasteiger partial charge in [-0.2, -0.15) is 0 Å². The van der Waals surface area contributed by atoms with E-state index in [0.29, 0.717) is 0 Å². The number of rotatable bonds is 6. The predicted molar refractivity (Wildman–Crippen MR) is 110 cm³/mol. The van der Waals surface area contributed by atoms with E-state index in [0.717, 1.165) is 62.9 Å². The number of hydrogen-bond donors (Lipinski definition) is 1. The van der Waals surface area contributed by atoms with Crippen LogP contribution in [0, 0.1) is 0 Å². The molecular weight excluding hydrogens is 350 g/mol. The third-order valence-electron chi connectivity index (χ3n) is 4.41.